The molecule has 0 unspecified atom stereocenters. The number of pyridine rings is 1. The van der Waals surface area contributed by atoms with Crippen LogP contribution in [0.3, 0.4) is 0 Å². The number of ketones is 1. The Morgan fingerprint density at radius 1 is 0.872 bits per heavy atom. The monoisotopic (exact) mass is 674 g/mol. The second kappa shape index (κ2) is 11.3. The third-order valence-corrected chi connectivity index (χ3v) is 8.76. The summed E-state index contributed by atoms with van der Waals surface area (Å²) in [6.45, 7) is -0.362. The molecular weight excluding hydrogens is 653 g/mol. The van der Waals surface area contributed by atoms with Gasteiger partial charge in [-0.15, -0.1) is 0 Å². The minimum absolute atomic E-state index is 0.109. The molecule has 0 saturated carbocycles. The molecule has 0 spiro atoms. The summed E-state index contributed by atoms with van der Waals surface area (Å²) in [6.07, 6.45) is -1.32. The van der Waals surface area contributed by atoms with Gasteiger partial charge >= 0.3 is 6.18 Å². The Morgan fingerprint density at radius 3 is 2.15 bits per heavy atom. The van der Waals surface area contributed by atoms with Crippen LogP contribution in [0.1, 0.15) is 27.2 Å². The number of nitrogens with one attached hydrogen (secondary N) is 1. The fourth-order valence-electron chi connectivity index (χ4n) is 5.39. The Labute approximate surface area is 261 Å². The molecule has 3 aromatic carbocycles. The number of sulfone groups is 1. The summed E-state index contributed by atoms with van der Waals surface area (Å²) in [5, 5.41) is 2.21. The molecule has 15 heteroatoms. The molecular formula is C32H21F7N4O3S. The number of alkyl halides is 3. The summed E-state index contributed by atoms with van der Waals surface area (Å²) in [6, 6.07) is 14.0. The number of imidazole rings is 1. The van der Waals surface area contributed by atoms with Crippen LogP contribution < -0.4 is 5.32 Å². The van der Waals surface area contributed by atoms with Gasteiger partial charge in [-0.1, -0.05) is 30.3 Å². The van der Waals surface area contributed by atoms with E-state index in [4.69, 9.17) is 0 Å². The number of halogens is 7. The zero-order valence-electron chi connectivity index (χ0n) is 24.3. The summed E-state index contributed by atoms with van der Waals surface area (Å²) >= 11 is 0. The van der Waals surface area contributed by atoms with E-state index in [1.165, 1.54) is 76.1 Å². The van der Waals surface area contributed by atoms with Crippen LogP contribution in [-0.2, 0) is 29.6 Å². The van der Waals surface area contributed by atoms with Gasteiger partial charge in [0.2, 0.25) is 5.78 Å². The van der Waals surface area contributed by atoms with Crippen molar-refractivity contribution in [2.75, 3.05) is 11.6 Å². The van der Waals surface area contributed by atoms with Crippen LogP contribution in [0, 0.1) is 23.3 Å². The summed E-state index contributed by atoms with van der Waals surface area (Å²) in [5.41, 5.74) is -0.317. The van der Waals surface area contributed by atoms with E-state index in [1.807, 2.05) is 0 Å². The van der Waals surface area contributed by atoms with Crippen molar-refractivity contribution in [2.24, 2.45) is 7.05 Å². The standard InChI is InChI=1S/C32H21F7N4O3S/c1-42-15-41-21-12-19(20(13-24(21)42)32(37,38)39)18-4-3-11-43-22(18)9-10-23(43)30(44)17-7-5-16(6-8-17)14-40-29-25(33)27(35)31(47(2,45)46)28(36)26(29)34/h3-13,15,40H,14H2,1-2H3. The van der Waals surface area contributed by atoms with Gasteiger partial charge in [0, 0.05) is 37.2 Å². The van der Waals surface area contributed by atoms with Crippen molar-refractivity contribution in [1.82, 2.24) is 14.0 Å². The third-order valence-electron chi connectivity index (χ3n) is 7.66. The first kappa shape index (κ1) is 31.8. The molecule has 3 heterocycles. The van der Waals surface area contributed by atoms with Crippen LogP contribution in [0.2, 0.25) is 0 Å². The van der Waals surface area contributed by atoms with Crippen molar-refractivity contribution in [3.8, 4) is 11.1 Å². The van der Waals surface area contributed by atoms with Crippen LogP contribution in [0.4, 0.5) is 36.4 Å². The van der Waals surface area contributed by atoms with Gasteiger partial charge in [-0.25, -0.2) is 31.0 Å². The van der Waals surface area contributed by atoms with E-state index >= 15 is 0 Å². The topological polar surface area (TPSA) is 85.5 Å². The number of aromatic nitrogens is 3. The Balaban J connectivity index is 1.29. The molecule has 0 aliphatic heterocycles. The summed E-state index contributed by atoms with van der Waals surface area (Å²) in [5.74, 6) is -8.46. The van der Waals surface area contributed by atoms with Gasteiger partial charge in [0.1, 0.15) is 10.6 Å². The smallest absolute Gasteiger partial charge is 0.376 e. The van der Waals surface area contributed by atoms with Crippen LogP contribution in [0.25, 0.3) is 27.7 Å². The van der Waals surface area contributed by atoms with Gasteiger partial charge in [0.15, 0.2) is 33.1 Å². The Kier molecular flexibility index (Phi) is 7.62. The molecule has 0 amide bonds. The van der Waals surface area contributed by atoms with Crippen molar-refractivity contribution in [3.63, 3.8) is 0 Å². The minimum Gasteiger partial charge on any atom is -0.376 e. The maximum Gasteiger partial charge on any atom is 0.417 e. The highest BCUT2D eigenvalue weighted by Crippen LogP contribution is 2.41. The predicted molar refractivity (Wildman–Crippen MR) is 159 cm³/mol. The number of carbonyl (C=O) groups is 1. The Morgan fingerprint density at radius 2 is 1.53 bits per heavy atom. The normalized spacial score (nSPS) is 12.3. The first-order valence-corrected chi connectivity index (χ1v) is 15.5. The highest BCUT2D eigenvalue weighted by Gasteiger charge is 2.35. The van der Waals surface area contributed by atoms with Crippen LogP contribution in [-0.4, -0.2) is 34.4 Å². The van der Waals surface area contributed by atoms with Crippen molar-refractivity contribution in [3.05, 3.63) is 119 Å². The van der Waals surface area contributed by atoms with Gasteiger partial charge in [-0.05, 0) is 41.5 Å². The molecule has 1 N–H and O–H groups in total. The molecule has 6 rings (SSSR count). The number of hydrogen-bond donors (Lipinski definition) is 1. The van der Waals surface area contributed by atoms with E-state index in [2.05, 4.69) is 10.3 Å². The lowest BCUT2D eigenvalue weighted by Crippen LogP contribution is -2.13. The number of anilines is 1. The second-order valence-corrected chi connectivity index (χ2v) is 12.7. The number of nitrogens with zero attached hydrogens (tertiary/aromatic N) is 3. The molecule has 0 bridgehead atoms. The third kappa shape index (κ3) is 5.49. The zero-order valence-corrected chi connectivity index (χ0v) is 25.1. The molecule has 0 saturated heterocycles. The maximum atomic E-state index is 14.5. The molecule has 47 heavy (non-hydrogen) atoms. The highest BCUT2D eigenvalue weighted by molar-refractivity contribution is 7.90. The van der Waals surface area contributed by atoms with E-state index in [-0.39, 0.29) is 28.9 Å². The first-order chi connectivity index (χ1) is 22.1. The molecule has 0 aliphatic carbocycles. The van der Waals surface area contributed by atoms with Crippen molar-refractivity contribution >= 4 is 37.9 Å². The Hall–Kier alpha value is -5.18. The average Bonchev–Trinajstić information content (AvgIpc) is 3.61. The SMILES string of the molecule is Cn1cnc2cc(-c3cccn4c(C(=O)c5ccc(CNc6c(F)c(F)c(S(C)(=O)=O)c(F)c6F)cc5)ccc34)c(C(F)(F)F)cc21. The summed E-state index contributed by atoms with van der Waals surface area (Å²) < 4.78 is 126. The number of rotatable bonds is 7. The van der Waals surface area contributed by atoms with Gasteiger partial charge in [0.05, 0.1) is 34.1 Å². The Bertz CT molecular complexity index is 2320. The number of fused-ring (bicyclic) bond motifs is 2. The molecule has 0 fully saturated rings. The van der Waals surface area contributed by atoms with E-state index in [9.17, 15) is 43.9 Å². The lowest BCUT2D eigenvalue weighted by molar-refractivity contribution is -0.137. The lowest BCUT2D eigenvalue weighted by atomic mass is 9.98. The molecule has 3 aromatic heterocycles. The van der Waals surface area contributed by atoms with E-state index < -0.39 is 61.2 Å². The number of benzene rings is 3. The van der Waals surface area contributed by atoms with Crippen LogP contribution in [0.15, 0.2) is 78.1 Å². The van der Waals surface area contributed by atoms with Crippen LogP contribution >= 0.6 is 0 Å². The zero-order chi connectivity index (χ0) is 34.0. The largest absolute Gasteiger partial charge is 0.417 e. The summed E-state index contributed by atoms with van der Waals surface area (Å²) in [4.78, 5) is 15.9. The van der Waals surface area contributed by atoms with Gasteiger partial charge in [-0.2, -0.15) is 13.2 Å². The van der Waals surface area contributed by atoms with E-state index in [0.29, 0.717) is 28.4 Å². The molecule has 242 valence electrons. The van der Waals surface area contributed by atoms with Gasteiger partial charge < -0.3 is 14.3 Å². The van der Waals surface area contributed by atoms with E-state index in [1.54, 1.807) is 7.05 Å². The summed E-state index contributed by atoms with van der Waals surface area (Å²) in [7, 11) is -3.02. The predicted octanol–water partition coefficient (Wildman–Crippen LogP) is 7.31. The fourth-order valence-corrected chi connectivity index (χ4v) is 6.22. The quantitative estimate of drug-likeness (QED) is 0.109. The fraction of sp³-hybridized carbons (Fsp3) is 0.125. The second-order valence-electron chi connectivity index (χ2n) is 10.7. The van der Waals surface area contributed by atoms with E-state index in [0.717, 1.165) is 6.07 Å². The maximum absolute atomic E-state index is 14.5. The van der Waals surface area contributed by atoms with Crippen molar-refractivity contribution in [1.29, 1.82) is 0 Å². The van der Waals surface area contributed by atoms with Crippen LogP contribution in [0.5, 0.6) is 0 Å². The average molecular weight is 675 g/mol. The first-order valence-electron chi connectivity index (χ1n) is 13.6. The van der Waals surface area contributed by atoms with Crippen molar-refractivity contribution < 1.29 is 43.9 Å². The molecule has 0 aliphatic rings. The number of hydrogen-bond acceptors (Lipinski definition) is 5. The molecule has 0 atom stereocenters. The molecule has 6 aromatic rings. The highest BCUT2D eigenvalue weighted by atomic mass is 32.2. The van der Waals surface area contributed by atoms with Gasteiger partial charge in [0.25, 0.3) is 0 Å². The number of aryl methyl sites for hydroxylation is 1. The van der Waals surface area contributed by atoms with Crippen molar-refractivity contribution in [2.45, 2.75) is 17.6 Å². The number of carbonyl (C=O) groups excluding carboxylic acids is 1. The minimum atomic E-state index is -4.68. The molecule has 0 radical (unpaired) electrons. The van der Waals surface area contributed by atoms with Gasteiger partial charge in [-0.3, -0.25) is 4.79 Å². The lowest BCUT2D eigenvalue weighted by Gasteiger charge is -2.15. The molecule has 7 nitrogen and oxygen atoms in total.